The summed E-state index contributed by atoms with van der Waals surface area (Å²) in [5.41, 5.74) is 0. The first kappa shape index (κ1) is 82.2. The Hall–Kier alpha value is 6.43. The van der Waals surface area contributed by atoms with Crippen LogP contribution in [0.3, 0.4) is 0 Å². The first-order valence-corrected chi connectivity index (χ1v) is 1.63. The van der Waals surface area contributed by atoms with Gasteiger partial charge in [-0.2, -0.15) is 0 Å². The van der Waals surface area contributed by atoms with E-state index in [0.29, 0.717) is 0 Å². The molecule has 0 bridgehead atoms. The van der Waals surface area contributed by atoms with E-state index >= 15 is 0 Å². The van der Waals surface area contributed by atoms with E-state index in [2.05, 4.69) is 0 Å². The molecule has 0 aliphatic carbocycles. The molecule has 0 fully saturated rings. The molecule has 0 aliphatic heterocycles. The normalized spacial score (nSPS) is 1.73. The van der Waals surface area contributed by atoms with Crippen LogP contribution in [-0.2, 0) is 108 Å². The second-order valence-corrected chi connectivity index (χ2v) is 0.471. The minimum atomic E-state index is 0. The molecule has 0 aromatic rings. The molecule has 0 atom stereocenters. The number of rotatable bonds is 0. The van der Waals surface area contributed by atoms with Crippen LogP contribution in [-0.4, -0.2) is 12.6 Å². The Morgan fingerprint density at radius 1 is 0.600 bits per heavy atom. The quantitative estimate of drug-likeness (QED) is 0.361. The molecular weight excluding hydrogens is 503 g/mol. The Bertz CT molecular complexity index is 48.5. The third kappa shape index (κ3) is 168. The van der Waals surface area contributed by atoms with E-state index in [-0.39, 0.29) is 234 Å². The molecule has 0 N–H and O–H groups in total. The molecule has 0 amide bonds. The SMILES string of the molecule is CC=O.CC=O.[Ar].[Ar].[Ar].[CH3-].[CH3-].[CH3-].[Y].[Y].[Y]. The number of carbonyl (C=O) groups is 2. The third-order valence-electron chi connectivity index (χ3n) is 0. The smallest absolute Gasteiger partial charge is 0.116 e. The maximum absolute atomic E-state index is 8.81. The average molecular weight is 520 g/mol. The van der Waals surface area contributed by atoms with Crippen molar-refractivity contribution in [2.75, 3.05) is 0 Å². The van der Waals surface area contributed by atoms with Gasteiger partial charge in [0.2, 0.25) is 0 Å². The van der Waals surface area contributed by atoms with Gasteiger partial charge in [0.1, 0.15) is 12.6 Å². The molecular formula is C7H17Ar3O2Y3-3. The summed E-state index contributed by atoms with van der Waals surface area (Å²) in [7, 11) is 0. The number of hydrogen-bond donors (Lipinski definition) is 0. The van der Waals surface area contributed by atoms with Crippen molar-refractivity contribution in [2.45, 2.75) is 13.8 Å². The van der Waals surface area contributed by atoms with Crippen LogP contribution in [0.5, 0.6) is 0 Å². The second kappa shape index (κ2) is 109. The molecule has 15 heavy (non-hydrogen) atoms. The predicted molar refractivity (Wildman–Crippen MR) is 42.7 cm³/mol. The van der Waals surface area contributed by atoms with Crippen molar-refractivity contribution in [1.29, 1.82) is 0 Å². The van der Waals surface area contributed by atoms with E-state index in [0.717, 1.165) is 12.6 Å². The van der Waals surface area contributed by atoms with Crippen molar-refractivity contribution in [3.05, 3.63) is 22.3 Å². The van der Waals surface area contributed by atoms with Gasteiger partial charge in [0, 0.05) is 211 Å². The molecule has 8 heteroatoms. The fourth-order valence-corrected chi connectivity index (χ4v) is 0. The summed E-state index contributed by atoms with van der Waals surface area (Å²) in [6.45, 7) is 2.89. The van der Waals surface area contributed by atoms with Crippen molar-refractivity contribution in [2.24, 2.45) is 0 Å². The monoisotopic (exact) mass is 520 g/mol. The summed E-state index contributed by atoms with van der Waals surface area (Å²) in [4.78, 5) is 17.6. The molecule has 0 saturated heterocycles. The van der Waals surface area contributed by atoms with Gasteiger partial charge < -0.3 is 31.9 Å². The first-order valence-electron chi connectivity index (χ1n) is 1.63. The standard InChI is InChI=1S/2C2H4O.3CH3.3Ar.3Y/c2*1-2-3;;;;;;;;;/h2*2H,1H3;3*1H3;;;;;;/q;;3*-1;;;;;;. The molecule has 0 unspecified atom stereocenters. The molecule has 0 rings (SSSR count). The van der Waals surface area contributed by atoms with Crippen molar-refractivity contribution >= 4 is 12.6 Å². The molecule has 3 radical (unpaired) electrons. The van der Waals surface area contributed by atoms with Gasteiger partial charge in [-0.1, -0.05) is 0 Å². The van der Waals surface area contributed by atoms with Gasteiger partial charge in [0.25, 0.3) is 0 Å². The average Bonchev–Trinajstić information content (AvgIpc) is 1.39. The number of carbonyl (C=O) groups excluding carboxylic acids is 2. The summed E-state index contributed by atoms with van der Waals surface area (Å²) in [5, 5.41) is 0. The Labute approximate surface area is 262 Å². The number of hydrogen-bond acceptors (Lipinski definition) is 2. The summed E-state index contributed by atoms with van der Waals surface area (Å²) >= 11 is 0. The molecule has 0 spiro atoms. The third-order valence-corrected chi connectivity index (χ3v) is 0. The van der Waals surface area contributed by atoms with Crippen LogP contribution in [0.1, 0.15) is 13.8 Å². The molecule has 0 aromatic heterocycles. The van der Waals surface area contributed by atoms with Crippen molar-refractivity contribution in [3.63, 3.8) is 0 Å². The molecule has 93 valence electrons. The molecule has 0 aliphatic rings. The van der Waals surface area contributed by atoms with Gasteiger partial charge in [-0.25, -0.2) is 0 Å². The van der Waals surface area contributed by atoms with Gasteiger partial charge in [0.05, 0.1) is 0 Å². The van der Waals surface area contributed by atoms with Gasteiger partial charge in [-0.15, -0.1) is 0 Å². The molecule has 2 nitrogen and oxygen atoms in total. The van der Waals surface area contributed by atoms with E-state index in [1.165, 1.54) is 13.8 Å². The summed E-state index contributed by atoms with van der Waals surface area (Å²) in [5.74, 6) is 0. The van der Waals surface area contributed by atoms with Crippen LogP contribution in [0.4, 0.5) is 0 Å². The Morgan fingerprint density at radius 2 is 0.600 bits per heavy atom. The van der Waals surface area contributed by atoms with Crippen molar-refractivity contribution < 1.29 is 221 Å². The van der Waals surface area contributed by atoms with Crippen LogP contribution in [0.25, 0.3) is 0 Å². The van der Waals surface area contributed by atoms with E-state index in [9.17, 15) is 0 Å². The largest absolute Gasteiger partial charge is 0.358 e. The van der Waals surface area contributed by atoms with E-state index in [1.807, 2.05) is 0 Å². The summed E-state index contributed by atoms with van der Waals surface area (Å²) in [6, 6.07) is 0. The molecule has 0 aromatic carbocycles. The predicted octanol–water partition coefficient (Wildman–Crippen LogP) is 1.75. The maximum atomic E-state index is 8.81. The van der Waals surface area contributed by atoms with Crippen LogP contribution in [0, 0.1) is 135 Å². The summed E-state index contributed by atoms with van der Waals surface area (Å²) in [6.07, 6.45) is 1.50. The maximum Gasteiger partial charge on any atom is 0.116 e. The zero-order chi connectivity index (χ0) is 5.41. The zero-order valence-electron chi connectivity index (χ0n) is 9.76. The van der Waals surface area contributed by atoms with Crippen molar-refractivity contribution in [1.82, 2.24) is 0 Å². The van der Waals surface area contributed by atoms with Crippen LogP contribution in [0.15, 0.2) is 0 Å². The van der Waals surface area contributed by atoms with Crippen LogP contribution >= 0.6 is 0 Å². The van der Waals surface area contributed by atoms with Crippen molar-refractivity contribution in [3.8, 4) is 0 Å². The van der Waals surface area contributed by atoms with Crippen LogP contribution in [0.2, 0.25) is 0 Å². The zero-order valence-corrected chi connectivity index (χ0v) is 20.4. The first-order chi connectivity index (χ1) is 2.83. The Morgan fingerprint density at radius 3 is 0.600 bits per heavy atom. The van der Waals surface area contributed by atoms with Crippen LogP contribution < -0.4 is 0 Å². The Kier molecular flexibility index (Phi) is 595. The fraction of sp³-hybridized carbons (Fsp3) is 0.286. The van der Waals surface area contributed by atoms with Gasteiger partial charge in [-0.3, -0.25) is 0 Å². The van der Waals surface area contributed by atoms with E-state index in [4.69, 9.17) is 9.59 Å². The van der Waals surface area contributed by atoms with E-state index in [1.54, 1.807) is 0 Å². The van der Waals surface area contributed by atoms with Gasteiger partial charge in [0.15, 0.2) is 0 Å². The molecule has 0 saturated carbocycles. The fourth-order valence-electron chi connectivity index (χ4n) is 0. The topological polar surface area (TPSA) is 34.1 Å². The van der Waals surface area contributed by atoms with Gasteiger partial charge in [-0.05, 0) is 13.8 Å². The second-order valence-electron chi connectivity index (χ2n) is 0.471. The minimum absolute atomic E-state index is 0. The minimum Gasteiger partial charge on any atom is -0.358 e. The van der Waals surface area contributed by atoms with Gasteiger partial charge >= 0.3 is 0 Å². The Balaban J connectivity index is -0.00000000148. The summed E-state index contributed by atoms with van der Waals surface area (Å²) < 4.78 is 0. The molecule has 0 heterocycles. The number of aldehydes is 2. The van der Waals surface area contributed by atoms with E-state index < -0.39 is 0 Å².